The summed E-state index contributed by atoms with van der Waals surface area (Å²) in [5.74, 6) is -1.12. The van der Waals surface area contributed by atoms with Gasteiger partial charge in [-0.1, -0.05) is 36.4 Å². The van der Waals surface area contributed by atoms with Crippen molar-refractivity contribution in [2.75, 3.05) is 39.3 Å². The number of rotatable bonds is 7. The van der Waals surface area contributed by atoms with E-state index in [1.54, 1.807) is 22.8 Å². The van der Waals surface area contributed by atoms with Crippen LogP contribution in [0, 0.1) is 5.82 Å². The molecule has 0 aromatic heterocycles. The first-order valence-corrected chi connectivity index (χ1v) is 12.7. The van der Waals surface area contributed by atoms with Crippen molar-refractivity contribution < 1.29 is 23.5 Å². The maximum absolute atomic E-state index is 13.7. The zero-order valence-corrected chi connectivity index (χ0v) is 21.4. The van der Waals surface area contributed by atoms with Crippen molar-refractivity contribution in [3.05, 3.63) is 82.8 Å². The minimum Gasteiger partial charge on any atom is -0.463 e. The smallest absolute Gasteiger partial charge is 0.338 e. The van der Waals surface area contributed by atoms with E-state index in [0.717, 1.165) is 5.56 Å². The Morgan fingerprint density at radius 2 is 1.84 bits per heavy atom. The summed E-state index contributed by atoms with van der Waals surface area (Å²) in [6.07, 6.45) is 0. The number of urea groups is 1. The maximum Gasteiger partial charge on any atom is 0.338 e. The molecule has 2 aromatic rings. The molecular formula is C28H33FN4O4. The number of amides is 3. The SMILES string of the molecule is CCOC(=O)C1=C(CN2CCN(C(=O)c3cccc(F)c3)[C@H](C)C2)N(CC)C(=O)N[C@@H]1c1ccccc1. The Morgan fingerprint density at radius 3 is 2.49 bits per heavy atom. The zero-order valence-electron chi connectivity index (χ0n) is 21.4. The van der Waals surface area contributed by atoms with Gasteiger partial charge in [-0.05, 0) is 44.5 Å². The maximum atomic E-state index is 13.7. The average Bonchev–Trinajstić information content (AvgIpc) is 2.89. The summed E-state index contributed by atoms with van der Waals surface area (Å²) in [7, 11) is 0. The summed E-state index contributed by atoms with van der Waals surface area (Å²) < 4.78 is 19.1. The van der Waals surface area contributed by atoms with Crippen molar-refractivity contribution in [3.63, 3.8) is 0 Å². The predicted molar refractivity (Wildman–Crippen MR) is 137 cm³/mol. The molecule has 0 saturated carbocycles. The van der Waals surface area contributed by atoms with Crippen molar-refractivity contribution in [2.24, 2.45) is 0 Å². The lowest BCUT2D eigenvalue weighted by Crippen LogP contribution is -2.56. The monoisotopic (exact) mass is 508 g/mol. The molecule has 2 heterocycles. The van der Waals surface area contributed by atoms with Gasteiger partial charge in [0.05, 0.1) is 18.2 Å². The Morgan fingerprint density at radius 1 is 1.08 bits per heavy atom. The van der Waals surface area contributed by atoms with Gasteiger partial charge in [-0.15, -0.1) is 0 Å². The van der Waals surface area contributed by atoms with Crippen molar-refractivity contribution in [3.8, 4) is 0 Å². The number of esters is 1. The molecule has 37 heavy (non-hydrogen) atoms. The summed E-state index contributed by atoms with van der Waals surface area (Å²) in [5, 5.41) is 2.97. The second-order valence-corrected chi connectivity index (χ2v) is 9.21. The molecule has 2 atom stereocenters. The van der Waals surface area contributed by atoms with Crippen LogP contribution in [0.4, 0.5) is 9.18 Å². The fraction of sp³-hybridized carbons (Fsp3) is 0.393. The first-order valence-electron chi connectivity index (χ1n) is 12.7. The van der Waals surface area contributed by atoms with Crippen LogP contribution in [0.25, 0.3) is 0 Å². The fourth-order valence-electron chi connectivity index (χ4n) is 5.03. The van der Waals surface area contributed by atoms with Gasteiger partial charge in [0, 0.05) is 50.0 Å². The van der Waals surface area contributed by atoms with Crippen LogP contribution in [0.15, 0.2) is 65.9 Å². The fourth-order valence-corrected chi connectivity index (χ4v) is 5.03. The summed E-state index contributed by atoms with van der Waals surface area (Å²) in [4.78, 5) is 44.8. The summed E-state index contributed by atoms with van der Waals surface area (Å²) in [5.41, 5.74) is 2.14. The number of carbonyl (C=O) groups is 3. The molecule has 0 bridgehead atoms. The van der Waals surface area contributed by atoms with Crippen LogP contribution in [0.2, 0.25) is 0 Å². The topological polar surface area (TPSA) is 82.2 Å². The van der Waals surface area contributed by atoms with Crippen LogP contribution in [0.5, 0.6) is 0 Å². The molecule has 0 unspecified atom stereocenters. The Balaban J connectivity index is 1.61. The third-order valence-corrected chi connectivity index (χ3v) is 6.80. The molecule has 2 aromatic carbocycles. The van der Waals surface area contributed by atoms with Crippen LogP contribution in [0.1, 0.15) is 42.7 Å². The second-order valence-electron chi connectivity index (χ2n) is 9.21. The van der Waals surface area contributed by atoms with Crippen molar-refractivity contribution in [1.29, 1.82) is 0 Å². The molecular weight excluding hydrogens is 475 g/mol. The number of hydrogen-bond acceptors (Lipinski definition) is 5. The van der Waals surface area contributed by atoms with Crippen LogP contribution >= 0.6 is 0 Å². The Labute approximate surface area is 216 Å². The molecule has 8 nitrogen and oxygen atoms in total. The zero-order chi connectivity index (χ0) is 26.5. The number of carbonyl (C=O) groups excluding carboxylic acids is 3. The Hall–Kier alpha value is -3.72. The van der Waals surface area contributed by atoms with E-state index >= 15 is 0 Å². The number of benzene rings is 2. The van der Waals surface area contributed by atoms with Gasteiger partial charge in [0.15, 0.2) is 0 Å². The highest BCUT2D eigenvalue weighted by atomic mass is 19.1. The van der Waals surface area contributed by atoms with Gasteiger partial charge in [0.2, 0.25) is 0 Å². The summed E-state index contributed by atoms with van der Waals surface area (Å²) in [6.45, 7) is 8.05. The number of hydrogen-bond donors (Lipinski definition) is 1. The number of nitrogens with one attached hydrogen (secondary N) is 1. The Kier molecular flexibility index (Phi) is 8.23. The molecule has 2 aliphatic heterocycles. The minimum absolute atomic E-state index is 0.145. The molecule has 0 aliphatic carbocycles. The number of halogens is 1. The highest BCUT2D eigenvalue weighted by Crippen LogP contribution is 2.32. The number of piperazine rings is 1. The second kappa shape index (κ2) is 11.6. The van der Waals surface area contributed by atoms with E-state index in [1.807, 2.05) is 44.2 Å². The van der Waals surface area contributed by atoms with Crippen LogP contribution in [-0.2, 0) is 9.53 Å². The highest BCUT2D eigenvalue weighted by Gasteiger charge is 2.39. The van der Waals surface area contributed by atoms with Crippen LogP contribution < -0.4 is 5.32 Å². The van der Waals surface area contributed by atoms with E-state index in [0.29, 0.717) is 49.6 Å². The van der Waals surface area contributed by atoms with E-state index in [-0.39, 0.29) is 24.6 Å². The molecule has 1 fully saturated rings. The highest BCUT2D eigenvalue weighted by molar-refractivity contribution is 5.95. The lowest BCUT2D eigenvalue weighted by Gasteiger charge is -2.43. The standard InChI is InChI=1S/C28H33FN4O4/c1-4-32-23(24(27(35)37-5-2)25(30-28(32)36)20-10-7-6-8-11-20)18-31-14-15-33(19(3)17-31)26(34)21-12-9-13-22(29)16-21/h6-13,16,19,25H,4-5,14-15,17-18H2,1-3H3,(H,30,36)/t19-,25-/m1/s1. The molecule has 9 heteroatoms. The van der Waals surface area contributed by atoms with E-state index < -0.39 is 17.8 Å². The minimum atomic E-state index is -0.626. The van der Waals surface area contributed by atoms with Gasteiger partial charge in [-0.25, -0.2) is 14.0 Å². The third kappa shape index (κ3) is 5.67. The molecule has 3 amide bonds. The summed E-state index contributed by atoms with van der Waals surface area (Å²) in [6, 6.07) is 14.0. The summed E-state index contributed by atoms with van der Waals surface area (Å²) >= 11 is 0. The van der Waals surface area contributed by atoms with E-state index in [1.165, 1.54) is 18.2 Å². The van der Waals surface area contributed by atoms with E-state index in [4.69, 9.17) is 4.74 Å². The van der Waals surface area contributed by atoms with E-state index in [2.05, 4.69) is 10.2 Å². The van der Waals surface area contributed by atoms with Crippen LogP contribution in [0.3, 0.4) is 0 Å². The molecule has 196 valence electrons. The number of nitrogens with zero attached hydrogens (tertiary/aromatic N) is 3. The number of likely N-dealkylation sites (N-methyl/N-ethyl adjacent to an activating group) is 1. The number of ether oxygens (including phenoxy) is 1. The first-order chi connectivity index (χ1) is 17.8. The van der Waals surface area contributed by atoms with E-state index in [9.17, 15) is 18.8 Å². The van der Waals surface area contributed by atoms with Gasteiger partial charge in [-0.3, -0.25) is 14.6 Å². The molecule has 0 spiro atoms. The van der Waals surface area contributed by atoms with Crippen molar-refractivity contribution >= 4 is 17.9 Å². The van der Waals surface area contributed by atoms with Gasteiger partial charge in [0.1, 0.15) is 5.82 Å². The normalized spacial score (nSPS) is 20.6. The van der Waals surface area contributed by atoms with Crippen molar-refractivity contribution in [2.45, 2.75) is 32.9 Å². The lowest BCUT2D eigenvalue weighted by atomic mass is 9.94. The lowest BCUT2D eigenvalue weighted by molar-refractivity contribution is -0.139. The first kappa shape index (κ1) is 26.3. The van der Waals surface area contributed by atoms with Gasteiger partial charge in [0.25, 0.3) is 5.91 Å². The van der Waals surface area contributed by atoms with Crippen LogP contribution in [-0.4, -0.2) is 78.0 Å². The Bertz CT molecular complexity index is 1190. The molecule has 4 rings (SSSR count). The largest absolute Gasteiger partial charge is 0.463 e. The predicted octanol–water partition coefficient (Wildman–Crippen LogP) is 3.58. The molecule has 2 aliphatic rings. The average molecular weight is 509 g/mol. The third-order valence-electron chi connectivity index (χ3n) is 6.80. The molecule has 0 radical (unpaired) electrons. The van der Waals surface area contributed by atoms with Gasteiger partial charge >= 0.3 is 12.0 Å². The van der Waals surface area contributed by atoms with Crippen molar-refractivity contribution in [1.82, 2.24) is 20.0 Å². The molecule has 1 N–H and O–H groups in total. The quantitative estimate of drug-likeness (QED) is 0.579. The van der Waals surface area contributed by atoms with Gasteiger partial charge in [-0.2, -0.15) is 0 Å². The van der Waals surface area contributed by atoms with Gasteiger partial charge < -0.3 is 15.0 Å². The molecule has 1 saturated heterocycles.